The summed E-state index contributed by atoms with van der Waals surface area (Å²) in [6.07, 6.45) is 0.902. The van der Waals surface area contributed by atoms with Crippen molar-refractivity contribution in [2.75, 3.05) is 13.2 Å². The van der Waals surface area contributed by atoms with Gasteiger partial charge in [0.15, 0.2) is 0 Å². The minimum Gasteiger partial charge on any atom is -0.494 e. The van der Waals surface area contributed by atoms with E-state index in [-0.39, 0.29) is 12.1 Å². The van der Waals surface area contributed by atoms with Crippen molar-refractivity contribution in [1.82, 2.24) is 10.6 Å². The predicted octanol–water partition coefficient (Wildman–Crippen LogP) is 2.61. The molecule has 0 aliphatic rings. The molecule has 1 rings (SSSR count). The van der Waals surface area contributed by atoms with Crippen LogP contribution in [0.25, 0.3) is 0 Å². The lowest BCUT2D eigenvalue weighted by Gasteiger charge is -2.20. The molecule has 3 N–H and O–H groups in total. The minimum atomic E-state index is -0.411. The Bertz CT molecular complexity index is 435. The summed E-state index contributed by atoms with van der Waals surface area (Å²) in [7, 11) is 0. The SMILES string of the molecule is CCOc1ccccc1C(CC)NC(=O)NCCC(C)O. The summed E-state index contributed by atoms with van der Waals surface area (Å²) in [6, 6.07) is 7.41. The molecule has 0 spiro atoms. The first-order valence-corrected chi connectivity index (χ1v) is 7.52. The lowest BCUT2D eigenvalue weighted by atomic mass is 10.0. The maximum absolute atomic E-state index is 11.9. The zero-order chi connectivity index (χ0) is 15.7. The number of urea groups is 1. The first kappa shape index (κ1) is 17.3. The maximum Gasteiger partial charge on any atom is 0.315 e. The van der Waals surface area contributed by atoms with Gasteiger partial charge >= 0.3 is 6.03 Å². The van der Waals surface area contributed by atoms with Crippen LogP contribution in [0.4, 0.5) is 4.79 Å². The Hall–Kier alpha value is -1.75. The van der Waals surface area contributed by atoms with Crippen molar-refractivity contribution in [2.24, 2.45) is 0 Å². The fourth-order valence-electron chi connectivity index (χ4n) is 2.06. The summed E-state index contributed by atoms with van der Waals surface area (Å²) in [4.78, 5) is 11.9. The molecule has 0 aliphatic carbocycles. The summed E-state index contributed by atoms with van der Waals surface area (Å²) in [6.45, 7) is 6.70. The molecule has 0 radical (unpaired) electrons. The summed E-state index contributed by atoms with van der Waals surface area (Å²) in [5, 5.41) is 14.9. The summed E-state index contributed by atoms with van der Waals surface area (Å²) >= 11 is 0. The largest absolute Gasteiger partial charge is 0.494 e. The number of aliphatic hydroxyl groups excluding tert-OH is 1. The fraction of sp³-hybridized carbons (Fsp3) is 0.562. The number of carbonyl (C=O) groups excluding carboxylic acids is 1. The van der Waals surface area contributed by atoms with Crippen molar-refractivity contribution in [3.05, 3.63) is 29.8 Å². The van der Waals surface area contributed by atoms with Crippen LogP contribution in [0.2, 0.25) is 0 Å². The molecule has 0 saturated heterocycles. The van der Waals surface area contributed by atoms with E-state index in [0.29, 0.717) is 19.6 Å². The van der Waals surface area contributed by atoms with Crippen molar-refractivity contribution >= 4 is 6.03 Å². The first-order valence-electron chi connectivity index (χ1n) is 7.52. The highest BCUT2D eigenvalue weighted by Gasteiger charge is 2.16. The molecule has 2 atom stereocenters. The van der Waals surface area contributed by atoms with Crippen LogP contribution < -0.4 is 15.4 Å². The monoisotopic (exact) mass is 294 g/mol. The van der Waals surface area contributed by atoms with E-state index in [1.807, 2.05) is 38.1 Å². The molecule has 0 bridgehead atoms. The number of ether oxygens (including phenoxy) is 1. The van der Waals surface area contributed by atoms with E-state index in [0.717, 1.165) is 17.7 Å². The van der Waals surface area contributed by atoms with Gasteiger partial charge in [0.25, 0.3) is 0 Å². The zero-order valence-corrected chi connectivity index (χ0v) is 13.1. The Kier molecular flexibility index (Phi) is 7.61. The molecular formula is C16H26N2O3. The highest BCUT2D eigenvalue weighted by atomic mass is 16.5. The maximum atomic E-state index is 11.9. The third kappa shape index (κ3) is 6.04. The number of hydrogen-bond donors (Lipinski definition) is 3. The van der Waals surface area contributed by atoms with Crippen molar-refractivity contribution in [3.63, 3.8) is 0 Å². The van der Waals surface area contributed by atoms with Crippen molar-refractivity contribution in [3.8, 4) is 5.75 Å². The van der Waals surface area contributed by atoms with Gasteiger partial charge in [-0.1, -0.05) is 25.1 Å². The fourth-order valence-corrected chi connectivity index (χ4v) is 2.06. The van der Waals surface area contributed by atoms with Gasteiger partial charge in [0.2, 0.25) is 0 Å². The van der Waals surface area contributed by atoms with Crippen LogP contribution in [-0.4, -0.2) is 30.4 Å². The molecule has 5 nitrogen and oxygen atoms in total. The van der Waals surface area contributed by atoms with E-state index >= 15 is 0 Å². The standard InChI is InChI=1S/C16H26N2O3/c1-4-14(18-16(20)17-11-10-12(3)19)13-8-6-7-9-15(13)21-5-2/h6-9,12,14,19H,4-5,10-11H2,1-3H3,(H2,17,18,20). The Morgan fingerprint density at radius 3 is 2.67 bits per heavy atom. The average Bonchev–Trinajstić information content (AvgIpc) is 2.45. The lowest BCUT2D eigenvalue weighted by Crippen LogP contribution is -2.39. The average molecular weight is 294 g/mol. The molecular weight excluding hydrogens is 268 g/mol. The number of para-hydroxylation sites is 1. The molecule has 0 heterocycles. The van der Waals surface area contributed by atoms with Gasteiger partial charge in [-0.3, -0.25) is 0 Å². The molecule has 0 saturated carbocycles. The second kappa shape index (κ2) is 9.23. The van der Waals surface area contributed by atoms with E-state index in [1.54, 1.807) is 6.92 Å². The molecule has 21 heavy (non-hydrogen) atoms. The molecule has 2 amide bonds. The van der Waals surface area contributed by atoms with Crippen LogP contribution in [0, 0.1) is 0 Å². The molecule has 0 fully saturated rings. The summed E-state index contributed by atoms with van der Waals surface area (Å²) in [5.41, 5.74) is 0.979. The molecule has 0 aromatic heterocycles. The topological polar surface area (TPSA) is 70.6 Å². The van der Waals surface area contributed by atoms with Gasteiger partial charge in [-0.05, 0) is 32.8 Å². The minimum absolute atomic E-state index is 0.0979. The molecule has 5 heteroatoms. The van der Waals surface area contributed by atoms with Crippen molar-refractivity contribution < 1.29 is 14.6 Å². The van der Waals surface area contributed by atoms with Gasteiger partial charge in [0.05, 0.1) is 18.8 Å². The molecule has 2 unspecified atom stereocenters. The number of nitrogens with one attached hydrogen (secondary N) is 2. The van der Waals surface area contributed by atoms with Crippen molar-refractivity contribution in [1.29, 1.82) is 0 Å². The molecule has 1 aromatic rings. The van der Waals surface area contributed by atoms with E-state index in [9.17, 15) is 9.90 Å². The second-order valence-corrected chi connectivity index (χ2v) is 4.97. The Morgan fingerprint density at radius 1 is 1.33 bits per heavy atom. The summed E-state index contributed by atoms with van der Waals surface area (Å²) < 4.78 is 5.61. The smallest absolute Gasteiger partial charge is 0.315 e. The molecule has 118 valence electrons. The Balaban J connectivity index is 2.64. The number of carbonyl (C=O) groups is 1. The number of rotatable bonds is 8. The van der Waals surface area contributed by atoms with E-state index in [4.69, 9.17) is 4.74 Å². The van der Waals surface area contributed by atoms with E-state index < -0.39 is 6.10 Å². The van der Waals surface area contributed by atoms with Crippen molar-refractivity contribution in [2.45, 2.75) is 45.8 Å². The number of amides is 2. The second-order valence-electron chi connectivity index (χ2n) is 4.97. The van der Waals surface area contributed by atoms with Crippen LogP contribution in [-0.2, 0) is 0 Å². The number of benzene rings is 1. The van der Waals surface area contributed by atoms with Gasteiger partial charge in [-0.2, -0.15) is 0 Å². The third-order valence-corrected chi connectivity index (χ3v) is 3.16. The number of aliphatic hydroxyl groups is 1. The third-order valence-electron chi connectivity index (χ3n) is 3.16. The van der Waals surface area contributed by atoms with Gasteiger partial charge in [0, 0.05) is 12.1 Å². The number of hydrogen-bond acceptors (Lipinski definition) is 3. The Morgan fingerprint density at radius 2 is 2.05 bits per heavy atom. The predicted molar refractivity (Wildman–Crippen MR) is 83.5 cm³/mol. The van der Waals surface area contributed by atoms with Crippen LogP contribution in [0.3, 0.4) is 0 Å². The van der Waals surface area contributed by atoms with Crippen LogP contribution in [0.5, 0.6) is 5.75 Å². The molecule has 0 aliphatic heterocycles. The van der Waals surface area contributed by atoms with Gasteiger partial charge < -0.3 is 20.5 Å². The normalized spacial score (nSPS) is 13.3. The van der Waals surface area contributed by atoms with Crippen LogP contribution in [0.1, 0.15) is 45.2 Å². The highest BCUT2D eigenvalue weighted by molar-refractivity contribution is 5.74. The van der Waals surface area contributed by atoms with Crippen LogP contribution >= 0.6 is 0 Å². The quantitative estimate of drug-likeness (QED) is 0.690. The summed E-state index contributed by atoms with van der Waals surface area (Å²) in [5.74, 6) is 0.802. The molecule has 1 aromatic carbocycles. The van der Waals surface area contributed by atoms with E-state index in [2.05, 4.69) is 10.6 Å². The van der Waals surface area contributed by atoms with Crippen LogP contribution in [0.15, 0.2) is 24.3 Å². The van der Waals surface area contributed by atoms with E-state index in [1.165, 1.54) is 0 Å². The Labute approximate surface area is 126 Å². The van der Waals surface area contributed by atoms with Gasteiger partial charge in [-0.25, -0.2) is 4.79 Å². The van der Waals surface area contributed by atoms with Gasteiger partial charge in [0.1, 0.15) is 5.75 Å². The highest BCUT2D eigenvalue weighted by Crippen LogP contribution is 2.27. The zero-order valence-electron chi connectivity index (χ0n) is 13.1. The first-order chi connectivity index (χ1) is 10.1. The lowest BCUT2D eigenvalue weighted by molar-refractivity contribution is 0.183. The van der Waals surface area contributed by atoms with Gasteiger partial charge in [-0.15, -0.1) is 0 Å².